The molecule has 3 rings (SSSR count). The van der Waals surface area contributed by atoms with Gasteiger partial charge in [0.1, 0.15) is 11.4 Å². The lowest BCUT2D eigenvalue weighted by Crippen LogP contribution is -2.44. The average Bonchev–Trinajstić information content (AvgIpc) is 2.74. The van der Waals surface area contributed by atoms with Crippen LogP contribution in [-0.2, 0) is 9.53 Å². The van der Waals surface area contributed by atoms with E-state index in [4.69, 9.17) is 9.47 Å². The number of para-hydroxylation sites is 1. The van der Waals surface area contributed by atoms with Gasteiger partial charge in [-0.2, -0.15) is 0 Å². The van der Waals surface area contributed by atoms with Gasteiger partial charge in [0.25, 0.3) is 11.8 Å². The van der Waals surface area contributed by atoms with Crippen LogP contribution in [0.15, 0.2) is 60.3 Å². The van der Waals surface area contributed by atoms with Gasteiger partial charge in [-0.05, 0) is 24.3 Å². The Morgan fingerprint density at radius 2 is 1.70 bits per heavy atom. The van der Waals surface area contributed by atoms with Gasteiger partial charge in [0.15, 0.2) is 0 Å². The smallest absolute Gasteiger partial charge is 0.270 e. The second-order valence-corrected chi connectivity index (χ2v) is 6.02. The Labute approximate surface area is 158 Å². The fourth-order valence-electron chi connectivity index (χ4n) is 2.81. The largest absolute Gasteiger partial charge is 0.496 e. The normalized spacial score (nSPS) is 14.6. The Hall–Kier alpha value is -3.12. The molecular weight excluding hydrogens is 344 g/mol. The van der Waals surface area contributed by atoms with E-state index in [0.29, 0.717) is 43.2 Å². The molecule has 0 spiro atoms. The van der Waals surface area contributed by atoms with Gasteiger partial charge in [-0.15, -0.1) is 0 Å². The minimum Gasteiger partial charge on any atom is -0.496 e. The van der Waals surface area contributed by atoms with E-state index in [-0.39, 0.29) is 17.5 Å². The molecule has 0 atom stereocenters. The van der Waals surface area contributed by atoms with Crippen LogP contribution in [0.1, 0.15) is 15.9 Å². The zero-order valence-electron chi connectivity index (χ0n) is 15.2. The maximum atomic E-state index is 13.0. The van der Waals surface area contributed by atoms with Gasteiger partial charge in [0, 0.05) is 24.2 Å². The quantitative estimate of drug-likeness (QED) is 0.825. The molecule has 0 bridgehead atoms. The van der Waals surface area contributed by atoms with Crippen molar-refractivity contribution >= 4 is 17.9 Å². The second-order valence-electron chi connectivity index (χ2n) is 6.02. The number of methoxy groups -OCH3 is 1. The molecule has 1 fully saturated rings. The number of carbonyl (C=O) groups excluding carboxylic acids is 2. The first-order chi connectivity index (χ1) is 13.2. The van der Waals surface area contributed by atoms with E-state index in [1.165, 1.54) is 0 Å². The van der Waals surface area contributed by atoms with Crippen LogP contribution in [0, 0.1) is 0 Å². The van der Waals surface area contributed by atoms with Crippen molar-refractivity contribution in [3.63, 3.8) is 0 Å². The van der Waals surface area contributed by atoms with Crippen molar-refractivity contribution in [3.8, 4) is 5.75 Å². The summed E-state index contributed by atoms with van der Waals surface area (Å²) in [6, 6.07) is 16.1. The Balaban J connectivity index is 1.91. The van der Waals surface area contributed by atoms with Crippen LogP contribution >= 0.6 is 0 Å². The number of amides is 2. The molecule has 2 amide bonds. The van der Waals surface area contributed by atoms with Crippen LogP contribution in [0.4, 0.5) is 0 Å². The topological polar surface area (TPSA) is 67.9 Å². The molecule has 1 heterocycles. The lowest BCUT2D eigenvalue weighted by atomic mass is 10.1. The summed E-state index contributed by atoms with van der Waals surface area (Å²) in [4.78, 5) is 27.3. The van der Waals surface area contributed by atoms with Gasteiger partial charge in [-0.3, -0.25) is 9.59 Å². The average molecular weight is 366 g/mol. The highest BCUT2D eigenvalue weighted by atomic mass is 16.5. The summed E-state index contributed by atoms with van der Waals surface area (Å²) in [5.41, 5.74) is 1.40. The number of carbonyl (C=O) groups is 2. The SMILES string of the molecule is COc1ccccc1/C=C(/NC(=O)c1ccccc1)C(=O)N1CCOCC1. The number of ether oxygens (including phenoxy) is 2. The molecule has 1 N–H and O–H groups in total. The molecule has 0 aliphatic carbocycles. The van der Waals surface area contributed by atoms with Gasteiger partial charge in [0.05, 0.1) is 20.3 Å². The van der Waals surface area contributed by atoms with Crippen LogP contribution in [0.2, 0.25) is 0 Å². The molecule has 1 saturated heterocycles. The fraction of sp³-hybridized carbons (Fsp3) is 0.238. The molecule has 0 aromatic heterocycles. The first kappa shape index (κ1) is 18.7. The van der Waals surface area contributed by atoms with Crippen molar-refractivity contribution in [1.82, 2.24) is 10.2 Å². The zero-order valence-corrected chi connectivity index (χ0v) is 15.2. The van der Waals surface area contributed by atoms with Crippen LogP contribution < -0.4 is 10.1 Å². The predicted molar refractivity (Wildman–Crippen MR) is 102 cm³/mol. The number of nitrogens with zero attached hydrogens (tertiary/aromatic N) is 1. The summed E-state index contributed by atoms with van der Waals surface area (Å²) in [6.07, 6.45) is 1.65. The summed E-state index contributed by atoms with van der Waals surface area (Å²) in [5.74, 6) is 0.0468. The zero-order chi connectivity index (χ0) is 19.1. The van der Waals surface area contributed by atoms with Gasteiger partial charge in [-0.25, -0.2) is 0 Å². The maximum Gasteiger partial charge on any atom is 0.270 e. The summed E-state index contributed by atoms with van der Waals surface area (Å²) < 4.78 is 10.7. The number of morpholine rings is 1. The maximum absolute atomic E-state index is 13.0. The standard InChI is InChI=1S/C21H22N2O4/c1-26-19-10-6-5-9-17(19)15-18(21(25)23-11-13-27-14-12-23)22-20(24)16-7-3-2-4-8-16/h2-10,15H,11-14H2,1H3,(H,22,24)/b18-15+. The Morgan fingerprint density at radius 1 is 1.04 bits per heavy atom. The van der Waals surface area contributed by atoms with Crippen molar-refractivity contribution in [2.75, 3.05) is 33.4 Å². The first-order valence-corrected chi connectivity index (χ1v) is 8.77. The first-order valence-electron chi connectivity index (χ1n) is 8.77. The minimum absolute atomic E-state index is 0.204. The summed E-state index contributed by atoms with van der Waals surface area (Å²) >= 11 is 0. The van der Waals surface area contributed by atoms with E-state index >= 15 is 0 Å². The van der Waals surface area contributed by atoms with Crippen molar-refractivity contribution in [1.29, 1.82) is 0 Å². The third-order valence-electron chi connectivity index (χ3n) is 4.25. The van der Waals surface area contributed by atoms with Crippen LogP contribution in [0.5, 0.6) is 5.75 Å². The van der Waals surface area contributed by atoms with Crippen LogP contribution in [-0.4, -0.2) is 50.1 Å². The molecule has 6 nitrogen and oxygen atoms in total. The molecule has 2 aromatic rings. The Morgan fingerprint density at radius 3 is 2.41 bits per heavy atom. The van der Waals surface area contributed by atoms with Crippen molar-refractivity contribution in [3.05, 3.63) is 71.4 Å². The number of rotatable bonds is 5. The van der Waals surface area contributed by atoms with Gasteiger partial charge in [0.2, 0.25) is 0 Å². The fourth-order valence-corrected chi connectivity index (χ4v) is 2.81. The molecule has 1 aliphatic heterocycles. The molecule has 140 valence electrons. The highest BCUT2D eigenvalue weighted by Gasteiger charge is 2.23. The third-order valence-corrected chi connectivity index (χ3v) is 4.25. The van der Waals surface area contributed by atoms with E-state index in [1.54, 1.807) is 42.4 Å². The van der Waals surface area contributed by atoms with Gasteiger partial charge >= 0.3 is 0 Å². The van der Waals surface area contributed by atoms with Crippen molar-refractivity contribution < 1.29 is 19.1 Å². The van der Waals surface area contributed by atoms with Gasteiger partial charge in [-0.1, -0.05) is 36.4 Å². The van der Waals surface area contributed by atoms with Crippen molar-refractivity contribution in [2.45, 2.75) is 0 Å². The minimum atomic E-state index is -0.335. The lowest BCUT2D eigenvalue weighted by molar-refractivity contribution is -0.131. The number of benzene rings is 2. The molecular formula is C21H22N2O4. The predicted octanol–water partition coefficient (Wildman–Crippen LogP) is 2.32. The van der Waals surface area contributed by atoms with E-state index in [2.05, 4.69) is 5.32 Å². The number of hydrogen-bond acceptors (Lipinski definition) is 4. The molecule has 27 heavy (non-hydrogen) atoms. The Kier molecular flexibility index (Phi) is 6.22. The summed E-state index contributed by atoms with van der Waals surface area (Å²) in [7, 11) is 1.57. The molecule has 0 unspecified atom stereocenters. The number of hydrogen-bond donors (Lipinski definition) is 1. The van der Waals surface area contributed by atoms with Crippen LogP contribution in [0.3, 0.4) is 0 Å². The van der Waals surface area contributed by atoms with Crippen LogP contribution in [0.25, 0.3) is 6.08 Å². The highest BCUT2D eigenvalue weighted by Crippen LogP contribution is 2.21. The third kappa shape index (κ3) is 4.74. The van der Waals surface area contributed by atoms with E-state index in [1.807, 2.05) is 30.3 Å². The lowest BCUT2D eigenvalue weighted by Gasteiger charge is -2.28. The molecule has 0 saturated carbocycles. The monoisotopic (exact) mass is 366 g/mol. The van der Waals surface area contributed by atoms with E-state index in [9.17, 15) is 9.59 Å². The van der Waals surface area contributed by atoms with Crippen molar-refractivity contribution in [2.24, 2.45) is 0 Å². The molecule has 1 aliphatic rings. The van der Waals surface area contributed by atoms with Gasteiger partial charge < -0.3 is 19.7 Å². The summed E-state index contributed by atoms with van der Waals surface area (Å²) in [6.45, 7) is 1.95. The highest BCUT2D eigenvalue weighted by molar-refractivity contribution is 6.05. The van der Waals surface area contributed by atoms with E-state index < -0.39 is 0 Å². The molecule has 6 heteroatoms. The molecule has 0 radical (unpaired) electrons. The summed E-state index contributed by atoms with van der Waals surface area (Å²) in [5, 5.41) is 2.76. The second kappa shape index (κ2) is 9.00. The number of nitrogens with one attached hydrogen (secondary N) is 1. The Bertz CT molecular complexity index is 827. The van der Waals surface area contributed by atoms with E-state index in [0.717, 1.165) is 0 Å². The molecule has 2 aromatic carbocycles.